The van der Waals surface area contributed by atoms with E-state index in [2.05, 4.69) is 50.3 Å². The normalized spacial score (nSPS) is 12.9. The zero-order valence-corrected chi connectivity index (χ0v) is 50.2. The fourth-order valence-corrected chi connectivity index (χ4v) is 9.50. The first-order valence-corrected chi connectivity index (χ1v) is 32.1. The van der Waals surface area contributed by atoms with Crippen molar-refractivity contribution >= 4 is 17.9 Å². The van der Waals surface area contributed by atoms with Crippen LogP contribution in [-0.2, 0) is 33.3 Å². The van der Waals surface area contributed by atoms with Crippen LogP contribution in [0.2, 0.25) is 0 Å². The number of carboxylic acids is 1. The number of aliphatic carboxylic acids is 1. The SMILES string of the molecule is CC/C=C\C/C=C\C/C=C\CCCCCCCCCC(=O)OC(COC(=O)CCCCCCCCCCCCCCCCCCCCCCCCCCCCCCCCCCC)COC(OCC[N+](C)(C)C)C(=O)[O-]. The van der Waals surface area contributed by atoms with E-state index in [1.807, 2.05) is 21.1 Å². The van der Waals surface area contributed by atoms with Gasteiger partial charge in [0, 0.05) is 12.8 Å². The van der Waals surface area contributed by atoms with Gasteiger partial charge in [0.2, 0.25) is 0 Å². The lowest BCUT2D eigenvalue weighted by Crippen LogP contribution is -2.44. The third kappa shape index (κ3) is 59.0. The van der Waals surface area contributed by atoms with Crippen LogP contribution in [0.5, 0.6) is 0 Å². The molecule has 0 amide bonds. The van der Waals surface area contributed by atoms with Crippen molar-refractivity contribution < 1.29 is 42.9 Å². The van der Waals surface area contributed by atoms with E-state index < -0.39 is 24.3 Å². The molecule has 2 unspecified atom stereocenters. The molecule has 0 bridgehead atoms. The molecule has 0 aliphatic rings. The first-order chi connectivity index (χ1) is 36.6. The first-order valence-electron chi connectivity index (χ1n) is 32.1. The highest BCUT2D eigenvalue weighted by molar-refractivity contribution is 5.70. The molecular formula is C66H123NO8. The van der Waals surface area contributed by atoms with Crippen LogP contribution in [0.4, 0.5) is 0 Å². The van der Waals surface area contributed by atoms with Gasteiger partial charge in [-0.15, -0.1) is 0 Å². The Morgan fingerprint density at radius 3 is 1.13 bits per heavy atom. The molecule has 0 rings (SSSR count). The maximum atomic E-state index is 12.9. The molecule has 0 spiro atoms. The molecule has 0 aromatic rings. The third-order valence-electron chi connectivity index (χ3n) is 14.4. The van der Waals surface area contributed by atoms with E-state index >= 15 is 0 Å². The number of unbranched alkanes of at least 4 members (excludes halogenated alkanes) is 39. The van der Waals surface area contributed by atoms with Crippen LogP contribution < -0.4 is 5.11 Å². The molecule has 440 valence electrons. The Bertz CT molecular complexity index is 1320. The van der Waals surface area contributed by atoms with Gasteiger partial charge in [-0.2, -0.15) is 0 Å². The second-order valence-corrected chi connectivity index (χ2v) is 23.0. The number of quaternary nitrogens is 1. The van der Waals surface area contributed by atoms with E-state index in [1.54, 1.807) is 0 Å². The number of esters is 2. The minimum Gasteiger partial charge on any atom is -0.545 e. The van der Waals surface area contributed by atoms with Crippen LogP contribution in [0.1, 0.15) is 309 Å². The van der Waals surface area contributed by atoms with Crippen LogP contribution in [-0.4, -0.2) is 82.3 Å². The van der Waals surface area contributed by atoms with Crippen molar-refractivity contribution in [1.82, 2.24) is 0 Å². The summed E-state index contributed by atoms with van der Waals surface area (Å²) >= 11 is 0. The highest BCUT2D eigenvalue weighted by Crippen LogP contribution is 2.18. The molecular weight excluding hydrogens is 935 g/mol. The molecule has 0 aliphatic heterocycles. The van der Waals surface area contributed by atoms with Gasteiger partial charge in [-0.05, 0) is 44.9 Å². The van der Waals surface area contributed by atoms with E-state index in [-0.39, 0.29) is 32.2 Å². The summed E-state index contributed by atoms with van der Waals surface area (Å²) in [4.78, 5) is 37.3. The molecule has 9 heteroatoms. The molecule has 0 saturated carbocycles. The maximum Gasteiger partial charge on any atom is 0.306 e. The molecule has 0 aliphatic carbocycles. The monoisotopic (exact) mass is 1060 g/mol. The van der Waals surface area contributed by atoms with Crippen molar-refractivity contribution in [3.63, 3.8) is 0 Å². The van der Waals surface area contributed by atoms with E-state index in [9.17, 15) is 19.5 Å². The Hall–Kier alpha value is -2.49. The maximum absolute atomic E-state index is 12.9. The number of carbonyl (C=O) groups excluding carboxylic acids is 3. The zero-order valence-electron chi connectivity index (χ0n) is 50.2. The number of carboxylic acid groups (broad SMARTS) is 1. The summed E-state index contributed by atoms with van der Waals surface area (Å²) in [5, 5.41) is 11.8. The van der Waals surface area contributed by atoms with Gasteiger partial charge in [0.25, 0.3) is 0 Å². The Morgan fingerprint density at radius 2 is 0.760 bits per heavy atom. The molecule has 9 nitrogen and oxygen atoms in total. The minimum absolute atomic E-state index is 0.147. The fourth-order valence-electron chi connectivity index (χ4n) is 9.50. The number of carbonyl (C=O) groups is 3. The second-order valence-electron chi connectivity index (χ2n) is 23.0. The fraction of sp³-hybridized carbons (Fsp3) is 0.864. The van der Waals surface area contributed by atoms with Crippen LogP contribution in [0.15, 0.2) is 36.5 Å². The predicted octanol–water partition coefficient (Wildman–Crippen LogP) is 17.9. The largest absolute Gasteiger partial charge is 0.545 e. The number of likely N-dealkylation sites (N-methyl/N-ethyl adjacent to an activating group) is 1. The smallest absolute Gasteiger partial charge is 0.306 e. The van der Waals surface area contributed by atoms with Crippen molar-refractivity contribution in [2.24, 2.45) is 0 Å². The quantitative estimate of drug-likeness (QED) is 0.0195. The molecule has 75 heavy (non-hydrogen) atoms. The van der Waals surface area contributed by atoms with Gasteiger partial charge in [-0.1, -0.05) is 288 Å². The molecule has 0 heterocycles. The Balaban J connectivity index is 4.02. The van der Waals surface area contributed by atoms with Gasteiger partial charge in [0.15, 0.2) is 12.4 Å². The predicted molar refractivity (Wildman–Crippen MR) is 316 cm³/mol. The van der Waals surface area contributed by atoms with E-state index in [0.29, 0.717) is 23.9 Å². The summed E-state index contributed by atoms with van der Waals surface area (Å²) in [5.74, 6) is -2.28. The molecule has 0 fully saturated rings. The van der Waals surface area contributed by atoms with E-state index in [1.165, 1.54) is 212 Å². The number of hydrogen-bond acceptors (Lipinski definition) is 8. The summed E-state index contributed by atoms with van der Waals surface area (Å²) in [6.07, 6.45) is 68.0. The lowest BCUT2D eigenvalue weighted by Gasteiger charge is -2.26. The van der Waals surface area contributed by atoms with Crippen molar-refractivity contribution in [2.45, 2.75) is 322 Å². The Labute approximate surface area is 464 Å². The molecule has 0 saturated heterocycles. The van der Waals surface area contributed by atoms with Crippen molar-refractivity contribution in [3.05, 3.63) is 36.5 Å². The lowest BCUT2D eigenvalue weighted by molar-refractivity contribution is -0.870. The van der Waals surface area contributed by atoms with Crippen LogP contribution >= 0.6 is 0 Å². The zero-order chi connectivity index (χ0) is 54.8. The number of rotatable bonds is 60. The summed E-state index contributed by atoms with van der Waals surface area (Å²) in [5.41, 5.74) is 0. The molecule has 0 aromatic heterocycles. The number of allylic oxidation sites excluding steroid dienone is 6. The van der Waals surface area contributed by atoms with Crippen molar-refractivity contribution in [1.29, 1.82) is 0 Å². The van der Waals surface area contributed by atoms with Gasteiger partial charge in [0.05, 0.1) is 40.3 Å². The van der Waals surface area contributed by atoms with Crippen LogP contribution in [0, 0.1) is 0 Å². The Morgan fingerprint density at radius 1 is 0.413 bits per heavy atom. The van der Waals surface area contributed by atoms with Gasteiger partial charge < -0.3 is 33.3 Å². The topological polar surface area (TPSA) is 111 Å². The van der Waals surface area contributed by atoms with Gasteiger partial charge in [-0.3, -0.25) is 9.59 Å². The number of nitrogens with zero attached hydrogens (tertiary/aromatic N) is 1. The average Bonchev–Trinajstić information content (AvgIpc) is 3.38. The van der Waals surface area contributed by atoms with Gasteiger partial charge >= 0.3 is 11.9 Å². The van der Waals surface area contributed by atoms with Gasteiger partial charge in [0.1, 0.15) is 13.2 Å². The molecule has 0 aromatic carbocycles. The molecule has 0 radical (unpaired) electrons. The summed E-state index contributed by atoms with van der Waals surface area (Å²) in [7, 11) is 5.93. The number of ether oxygens (including phenoxy) is 4. The summed E-state index contributed by atoms with van der Waals surface area (Å²) in [6, 6.07) is 0. The highest BCUT2D eigenvalue weighted by Gasteiger charge is 2.22. The van der Waals surface area contributed by atoms with Crippen molar-refractivity contribution in [2.75, 3.05) is 47.5 Å². The number of hydrogen-bond donors (Lipinski definition) is 0. The summed E-state index contributed by atoms with van der Waals surface area (Å²) in [6.45, 7) is 4.67. The van der Waals surface area contributed by atoms with Crippen LogP contribution in [0.25, 0.3) is 0 Å². The highest BCUT2D eigenvalue weighted by atomic mass is 16.7. The first kappa shape index (κ1) is 72.5. The Kier molecular flexibility index (Phi) is 55.8. The summed E-state index contributed by atoms with van der Waals surface area (Å²) < 4.78 is 22.7. The second kappa shape index (κ2) is 57.7. The minimum atomic E-state index is -1.62. The third-order valence-corrected chi connectivity index (χ3v) is 14.4. The van der Waals surface area contributed by atoms with E-state index in [4.69, 9.17) is 18.9 Å². The van der Waals surface area contributed by atoms with Gasteiger partial charge in [-0.25, -0.2) is 0 Å². The molecule has 0 N–H and O–H groups in total. The standard InChI is InChI=1S/C66H123NO8/c1-6-8-10-12-14-16-18-20-22-24-25-26-27-28-29-30-31-32-33-34-35-36-37-38-39-41-42-44-46-48-50-52-54-56-63(68)73-60-62(61-74-66(65(70)71)72-59-58-67(3,4)5)75-64(69)57-55-53-51-49-47-45-43-40-23-21-19-17-15-13-11-9-7-2/h9,11,15,17,21,23,62,66H,6-8,10,12-14,16,18-20,22,24-61H2,1-5H3/b11-9-,17-15-,23-21-. The molecule has 2 atom stereocenters. The van der Waals surface area contributed by atoms with Crippen LogP contribution in [0.3, 0.4) is 0 Å². The lowest BCUT2D eigenvalue weighted by atomic mass is 10.0. The van der Waals surface area contributed by atoms with E-state index in [0.717, 1.165) is 64.2 Å². The average molecular weight is 1060 g/mol. The van der Waals surface area contributed by atoms with Crippen molar-refractivity contribution in [3.8, 4) is 0 Å².